The summed E-state index contributed by atoms with van der Waals surface area (Å²) in [6.45, 7) is 0.466. The Labute approximate surface area is 134 Å². The summed E-state index contributed by atoms with van der Waals surface area (Å²) in [6.07, 6.45) is 1.42. The Bertz CT molecular complexity index is 750. The van der Waals surface area contributed by atoms with Crippen molar-refractivity contribution in [1.29, 1.82) is 0 Å². The number of pyridine rings is 1. The van der Waals surface area contributed by atoms with Crippen molar-refractivity contribution in [3.05, 3.63) is 48.4 Å². The van der Waals surface area contributed by atoms with Crippen molar-refractivity contribution in [1.82, 2.24) is 9.29 Å². The molecule has 0 radical (unpaired) electrons. The lowest BCUT2D eigenvalue weighted by molar-refractivity contribution is 0.185. The van der Waals surface area contributed by atoms with E-state index >= 15 is 0 Å². The average molecular weight is 340 g/mol. The van der Waals surface area contributed by atoms with Gasteiger partial charge in [-0.2, -0.15) is 4.31 Å². The van der Waals surface area contributed by atoms with Crippen LogP contribution in [0.25, 0.3) is 0 Å². The van der Waals surface area contributed by atoms with Crippen molar-refractivity contribution in [3.63, 3.8) is 0 Å². The zero-order valence-corrected chi connectivity index (χ0v) is 13.6. The number of rotatable bonds is 7. The molecule has 2 aromatic rings. The van der Waals surface area contributed by atoms with Gasteiger partial charge in [0.1, 0.15) is 16.5 Å². The number of halogens is 1. The van der Waals surface area contributed by atoms with E-state index in [9.17, 15) is 12.8 Å². The summed E-state index contributed by atoms with van der Waals surface area (Å²) in [6, 6.07) is 8.15. The Hall–Kier alpha value is -2.03. The topological polar surface area (TPSA) is 68.7 Å². The van der Waals surface area contributed by atoms with Crippen LogP contribution in [0.5, 0.6) is 11.6 Å². The summed E-state index contributed by atoms with van der Waals surface area (Å²) in [5, 5.41) is 0. The summed E-state index contributed by atoms with van der Waals surface area (Å²) in [7, 11) is -0.837. The number of hydrogen-bond donors (Lipinski definition) is 0. The number of benzene rings is 1. The summed E-state index contributed by atoms with van der Waals surface area (Å²) in [4.78, 5) is 3.91. The molecule has 8 heteroatoms. The monoisotopic (exact) mass is 340 g/mol. The van der Waals surface area contributed by atoms with Crippen molar-refractivity contribution < 1.29 is 22.3 Å². The Kier molecular flexibility index (Phi) is 5.64. The molecule has 0 aliphatic carbocycles. The molecule has 0 saturated heterocycles. The molecule has 0 atom stereocenters. The van der Waals surface area contributed by atoms with Crippen molar-refractivity contribution in [2.45, 2.75) is 4.90 Å². The van der Waals surface area contributed by atoms with E-state index in [1.165, 1.54) is 56.8 Å². The summed E-state index contributed by atoms with van der Waals surface area (Å²) >= 11 is 0. The van der Waals surface area contributed by atoms with Gasteiger partial charge < -0.3 is 9.47 Å². The summed E-state index contributed by atoms with van der Waals surface area (Å²) in [5.41, 5.74) is 0. The smallest absolute Gasteiger partial charge is 0.248 e. The quantitative estimate of drug-likeness (QED) is 0.773. The molecule has 0 saturated carbocycles. The summed E-state index contributed by atoms with van der Waals surface area (Å²) < 4.78 is 49.7. The average Bonchev–Trinajstić information content (AvgIpc) is 2.55. The van der Waals surface area contributed by atoms with E-state index in [-0.39, 0.29) is 23.9 Å². The van der Waals surface area contributed by atoms with E-state index in [4.69, 9.17) is 9.47 Å². The zero-order chi connectivity index (χ0) is 16.9. The van der Waals surface area contributed by atoms with Crippen LogP contribution in [0, 0.1) is 5.82 Å². The van der Waals surface area contributed by atoms with Gasteiger partial charge in [0.25, 0.3) is 0 Å². The fourth-order valence-electron chi connectivity index (χ4n) is 1.77. The number of aromatic nitrogens is 1. The molecule has 0 fully saturated rings. The molecule has 1 aromatic carbocycles. The Morgan fingerprint density at radius 1 is 1.22 bits per heavy atom. The van der Waals surface area contributed by atoms with Crippen molar-refractivity contribution >= 4 is 10.0 Å². The van der Waals surface area contributed by atoms with Crippen molar-refractivity contribution in [2.24, 2.45) is 0 Å². The predicted octanol–water partition coefficient (Wildman–Crippen LogP) is 2.28. The van der Waals surface area contributed by atoms with Crippen molar-refractivity contribution in [3.8, 4) is 11.6 Å². The van der Waals surface area contributed by atoms with Crippen LogP contribution in [-0.4, -0.2) is 45.0 Å². The number of methoxy groups -OCH3 is 1. The van der Waals surface area contributed by atoms with Gasteiger partial charge in [-0.3, -0.25) is 0 Å². The number of ether oxygens (including phenoxy) is 2. The van der Waals surface area contributed by atoms with Crippen LogP contribution in [0.3, 0.4) is 0 Å². The van der Waals surface area contributed by atoms with Gasteiger partial charge in [0.15, 0.2) is 0 Å². The molecule has 0 spiro atoms. The first-order valence-electron chi connectivity index (χ1n) is 6.79. The van der Waals surface area contributed by atoms with Crippen LogP contribution in [0.4, 0.5) is 4.39 Å². The largest absolute Gasteiger partial charge is 0.438 e. The fraction of sp³-hybridized carbons (Fsp3) is 0.267. The molecule has 1 aromatic heterocycles. The first-order chi connectivity index (χ1) is 10.9. The fourth-order valence-corrected chi connectivity index (χ4v) is 2.99. The van der Waals surface area contributed by atoms with Crippen molar-refractivity contribution in [2.75, 3.05) is 27.3 Å². The maximum absolute atomic E-state index is 12.9. The second-order valence-corrected chi connectivity index (χ2v) is 6.70. The predicted molar refractivity (Wildman–Crippen MR) is 82.4 cm³/mol. The van der Waals surface area contributed by atoms with Crippen LogP contribution in [0.15, 0.2) is 47.5 Å². The Morgan fingerprint density at radius 2 is 1.91 bits per heavy atom. The second-order valence-electron chi connectivity index (χ2n) is 4.68. The molecule has 0 N–H and O–H groups in total. The molecule has 6 nitrogen and oxygen atoms in total. The minimum absolute atomic E-state index is 0.0663. The van der Waals surface area contributed by atoms with Gasteiger partial charge in [0, 0.05) is 26.9 Å². The first kappa shape index (κ1) is 17.3. The molecule has 124 valence electrons. The third kappa shape index (κ3) is 4.25. The third-order valence-corrected chi connectivity index (χ3v) is 4.93. The molecule has 0 unspecified atom stereocenters. The molecule has 23 heavy (non-hydrogen) atoms. The van der Waals surface area contributed by atoms with Gasteiger partial charge in [0.05, 0.1) is 6.61 Å². The minimum atomic E-state index is -3.78. The number of sulfonamides is 1. The van der Waals surface area contributed by atoms with Crippen LogP contribution >= 0.6 is 0 Å². The Balaban J connectivity index is 2.31. The molecular formula is C15H17FN2O4S. The molecule has 2 rings (SSSR count). The van der Waals surface area contributed by atoms with Crippen LogP contribution in [-0.2, 0) is 14.8 Å². The SMILES string of the molecule is COCCN(C)S(=O)(=O)c1cccnc1Oc1ccc(F)cc1. The third-order valence-electron chi connectivity index (χ3n) is 3.06. The van der Waals surface area contributed by atoms with Gasteiger partial charge in [-0.1, -0.05) is 0 Å². The van der Waals surface area contributed by atoms with Crippen LogP contribution in [0.2, 0.25) is 0 Å². The van der Waals surface area contributed by atoms with E-state index in [2.05, 4.69) is 4.98 Å². The van der Waals surface area contributed by atoms with E-state index in [0.717, 1.165) is 4.31 Å². The first-order valence-corrected chi connectivity index (χ1v) is 8.23. The van der Waals surface area contributed by atoms with Crippen LogP contribution in [0.1, 0.15) is 0 Å². The van der Waals surface area contributed by atoms with E-state index in [1.807, 2.05) is 0 Å². The number of likely N-dealkylation sites (N-methyl/N-ethyl adjacent to an activating group) is 1. The number of nitrogens with zero attached hydrogens (tertiary/aromatic N) is 2. The highest BCUT2D eigenvalue weighted by molar-refractivity contribution is 7.89. The lowest BCUT2D eigenvalue weighted by Crippen LogP contribution is -2.30. The maximum atomic E-state index is 12.9. The standard InChI is InChI=1S/C15H17FN2O4S/c1-18(10-11-21-2)23(19,20)14-4-3-9-17-15(14)22-13-7-5-12(16)6-8-13/h3-9H,10-11H2,1-2H3. The van der Waals surface area contributed by atoms with Gasteiger partial charge >= 0.3 is 0 Å². The Morgan fingerprint density at radius 3 is 2.57 bits per heavy atom. The van der Waals surface area contributed by atoms with Gasteiger partial charge in [0.2, 0.25) is 15.9 Å². The maximum Gasteiger partial charge on any atom is 0.248 e. The molecule has 0 amide bonds. The lowest BCUT2D eigenvalue weighted by atomic mass is 10.3. The lowest BCUT2D eigenvalue weighted by Gasteiger charge is -2.18. The summed E-state index contributed by atoms with van der Waals surface area (Å²) in [5.74, 6) is -0.185. The van der Waals surface area contributed by atoms with Crippen LogP contribution < -0.4 is 4.74 Å². The van der Waals surface area contributed by atoms with Gasteiger partial charge in [-0.05, 0) is 36.4 Å². The molecule has 1 heterocycles. The van der Waals surface area contributed by atoms with E-state index in [0.29, 0.717) is 5.75 Å². The van der Waals surface area contributed by atoms with Gasteiger partial charge in [-0.15, -0.1) is 0 Å². The molecule has 0 aliphatic heterocycles. The van der Waals surface area contributed by atoms with E-state index in [1.54, 1.807) is 0 Å². The highest BCUT2D eigenvalue weighted by atomic mass is 32.2. The second kappa shape index (κ2) is 7.49. The molecule has 0 aliphatic rings. The zero-order valence-electron chi connectivity index (χ0n) is 12.8. The van der Waals surface area contributed by atoms with Gasteiger partial charge in [-0.25, -0.2) is 17.8 Å². The highest BCUT2D eigenvalue weighted by Gasteiger charge is 2.25. The molecular weight excluding hydrogens is 323 g/mol. The highest BCUT2D eigenvalue weighted by Crippen LogP contribution is 2.28. The number of hydrogen-bond acceptors (Lipinski definition) is 5. The van der Waals surface area contributed by atoms with E-state index < -0.39 is 15.8 Å². The minimum Gasteiger partial charge on any atom is -0.438 e. The molecule has 0 bridgehead atoms. The normalized spacial score (nSPS) is 11.7.